The molecule has 0 radical (unpaired) electrons. The molecule has 3 atom stereocenters. The molecule has 1 aromatic rings. The Morgan fingerprint density at radius 3 is 2.67 bits per heavy atom. The zero-order valence-electron chi connectivity index (χ0n) is 12.5. The molecule has 1 aromatic carbocycles. The Balaban J connectivity index is 1.96. The van der Waals surface area contributed by atoms with Crippen LogP contribution in [0.1, 0.15) is 38.2 Å². The summed E-state index contributed by atoms with van der Waals surface area (Å²) in [4.78, 5) is 11.6. The molecule has 4 heteroatoms. The molecule has 0 amide bonds. The Kier molecular flexibility index (Phi) is 5.37. The standard InChI is InChI=1S/C17H24O4/c1-17(16(19)20,11-13-6-3-2-4-7-13)21-12-14-8-5-9-15(18)10-14/h2-4,6-7,14-15,18H,5,8-12H2,1H3,(H,19,20)/t14?,15-,17?/m0/s1. The number of rotatable bonds is 6. The van der Waals surface area contributed by atoms with Crippen LogP contribution in [0.2, 0.25) is 0 Å². The van der Waals surface area contributed by atoms with Gasteiger partial charge in [0.15, 0.2) is 5.60 Å². The molecule has 1 fully saturated rings. The van der Waals surface area contributed by atoms with Crippen molar-refractivity contribution in [2.45, 2.75) is 50.7 Å². The second-order valence-corrected chi connectivity index (χ2v) is 6.20. The first-order valence-electron chi connectivity index (χ1n) is 7.59. The highest BCUT2D eigenvalue weighted by molar-refractivity contribution is 5.77. The molecule has 0 saturated heterocycles. The highest BCUT2D eigenvalue weighted by atomic mass is 16.5. The van der Waals surface area contributed by atoms with Gasteiger partial charge in [0.2, 0.25) is 0 Å². The zero-order chi connectivity index (χ0) is 15.3. The van der Waals surface area contributed by atoms with E-state index in [-0.39, 0.29) is 12.0 Å². The van der Waals surface area contributed by atoms with Crippen LogP contribution in [0.4, 0.5) is 0 Å². The number of ether oxygens (including phenoxy) is 1. The lowest BCUT2D eigenvalue weighted by Crippen LogP contribution is -2.42. The van der Waals surface area contributed by atoms with Gasteiger partial charge in [0.05, 0.1) is 12.7 Å². The van der Waals surface area contributed by atoms with Crippen LogP contribution in [-0.2, 0) is 16.0 Å². The third-order valence-corrected chi connectivity index (χ3v) is 4.23. The van der Waals surface area contributed by atoms with Crippen molar-refractivity contribution in [2.75, 3.05) is 6.61 Å². The molecule has 1 aliphatic carbocycles. The van der Waals surface area contributed by atoms with E-state index in [9.17, 15) is 15.0 Å². The summed E-state index contributed by atoms with van der Waals surface area (Å²) in [6.07, 6.45) is 3.61. The highest BCUT2D eigenvalue weighted by Crippen LogP contribution is 2.27. The summed E-state index contributed by atoms with van der Waals surface area (Å²) in [5.74, 6) is -0.689. The first-order chi connectivity index (χ1) is 9.99. The van der Waals surface area contributed by atoms with Crippen LogP contribution >= 0.6 is 0 Å². The van der Waals surface area contributed by atoms with Gasteiger partial charge in [0, 0.05) is 6.42 Å². The number of hydrogen-bond acceptors (Lipinski definition) is 3. The largest absolute Gasteiger partial charge is 0.479 e. The van der Waals surface area contributed by atoms with Crippen molar-refractivity contribution >= 4 is 5.97 Å². The normalized spacial score (nSPS) is 25.2. The minimum Gasteiger partial charge on any atom is -0.479 e. The predicted molar refractivity (Wildman–Crippen MR) is 80.1 cm³/mol. The number of hydrogen-bond donors (Lipinski definition) is 2. The number of benzene rings is 1. The SMILES string of the molecule is CC(Cc1ccccc1)(OCC1CCC[C@H](O)C1)C(=O)O. The molecule has 116 valence electrons. The summed E-state index contributed by atoms with van der Waals surface area (Å²) in [6.45, 7) is 2.02. The number of aliphatic hydroxyl groups is 1. The lowest BCUT2D eigenvalue weighted by atomic mass is 9.87. The molecule has 0 spiro atoms. The van der Waals surface area contributed by atoms with Crippen LogP contribution in [-0.4, -0.2) is 34.5 Å². The van der Waals surface area contributed by atoms with Gasteiger partial charge in [-0.2, -0.15) is 0 Å². The third-order valence-electron chi connectivity index (χ3n) is 4.23. The Labute approximate surface area is 125 Å². The summed E-state index contributed by atoms with van der Waals surface area (Å²) in [5, 5.41) is 19.2. The molecule has 0 aliphatic heterocycles. The maximum absolute atomic E-state index is 11.6. The van der Waals surface area contributed by atoms with E-state index in [1.54, 1.807) is 6.92 Å². The first kappa shape index (κ1) is 16.0. The lowest BCUT2D eigenvalue weighted by Gasteiger charge is -2.31. The van der Waals surface area contributed by atoms with Crippen LogP contribution in [0.5, 0.6) is 0 Å². The van der Waals surface area contributed by atoms with Crippen LogP contribution in [0.15, 0.2) is 30.3 Å². The van der Waals surface area contributed by atoms with Crippen molar-refractivity contribution in [3.05, 3.63) is 35.9 Å². The summed E-state index contributed by atoms with van der Waals surface area (Å²) < 4.78 is 5.77. The van der Waals surface area contributed by atoms with Crippen LogP contribution in [0.3, 0.4) is 0 Å². The highest BCUT2D eigenvalue weighted by Gasteiger charge is 2.35. The van der Waals surface area contributed by atoms with Crippen molar-refractivity contribution in [3.63, 3.8) is 0 Å². The lowest BCUT2D eigenvalue weighted by molar-refractivity contribution is -0.166. The van der Waals surface area contributed by atoms with Crippen molar-refractivity contribution in [2.24, 2.45) is 5.92 Å². The van der Waals surface area contributed by atoms with E-state index >= 15 is 0 Å². The second kappa shape index (κ2) is 7.05. The summed E-state index contributed by atoms with van der Waals surface area (Å²) >= 11 is 0. The molecule has 21 heavy (non-hydrogen) atoms. The number of carboxylic acid groups (broad SMARTS) is 1. The van der Waals surface area contributed by atoms with E-state index in [1.807, 2.05) is 30.3 Å². The van der Waals surface area contributed by atoms with Crippen molar-refractivity contribution in [3.8, 4) is 0 Å². The van der Waals surface area contributed by atoms with Gasteiger partial charge < -0.3 is 14.9 Å². The van der Waals surface area contributed by atoms with E-state index in [2.05, 4.69) is 0 Å². The van der Waals surface area contributed by atoms with E-state index in [4.69, 9.17) is 4.74 Å². The number of aliphatic hydroxyl groups excluding tert-OH is 1. The number of carbonyl (C=O) groups is 1. The van der Waals surface area contributed by atoms with Gasteiger partial charge in [-0.1, -0.05) is 36.8 Å². The molecular formula is C17H24O4. The quantitative estimate of drug-likeness (QED) is 0.846. The smallest absolute Gasteiger partial charge is 0.336 e. The molecule has 1 saturated carbocycles. The molecule has 0 aromatic heterocycles. The van der Waals surface area contributed by atoms with Gasteiger partial charge in [-0.3, -0.25) is 0 Å². The predicted octanol–water partition coefficient (Wildman–Crippen LogP) is 2.64. The van der Waals surface area contributed by atoms with E-state index < -0.39 is 11.6 Å². The van der Waals surface area contributed by atoms with Gasteiger partial charge in [0.1, 0.15) is 0 Å². The topological polar surface area (TPSA) is 66.8 Å². The number of aliphatic carboxylic acids is 1. The fourth-order valence-corrected chi connectivity index (χ4v) is 2.89. The molecule has 0 heterocycles. The average Bonchev–Trinajstić information content (AvgIpc) is 2.46. The maximum Gasteiger partial charge on any atom is 0.336 e. The maximum atomic E-state index is 11.6. The average molecular weight is 292 g/mol. The van der Waals surface area contributed by atoms with Crippen molar-refractivity contribution in [1.29, 1.82) is 0 Å². The summed E-state index contributed by atoms with van der Waals surface area (Å²) in [6, 6.07) is 9.53. The second-order valence-electron chi connectivity index (χ2n) is 6.20. The molecule has 2 rings (SSSR count). The fourth-order valence-electron chi connectivity index (χ4n) is 2.89. The van der Waals surface area contributed by atoms with Crippen molar-refractivity contribution in [1.82, 2.24) is 0 Å². The van der Waals surface area contributed by atoms with E-state index in [0.717, 1.165) is 24.8 Å². The molecule has 2 N–H and O–H groups in total. The van der Waals surface area contributed by atoms with Crippen LogP contribution < -0.4 is 0 Å². The zero-order valence-corrected chi connectivity index (χ0v) is 12.5. The van der Waals surface area contributed by atoms with Crippen molar-refractivity contribution < 1.29 is 19.7 Å². The Hall–Kier alpha value is -1.39. The first-order valence-corrected chi connectivity index (χ1v) is 7.59. The molecule has 1 aliphatic rings. The van der Waals surface area contributed by atoms with Gasteiger partial charge in [-0.15, -0.1) is 0 Å². The fraction of sp³-hybridized carbons (Fsp3) is 0.588. The van der Waals surface area contributed by atoms with Gasteiger partial charge >= 0.3 is 5.97 Å². The summed E-state index contributed by atoms with van der Waals surface area (Å²) in [5.41, 5.74) is -0.268. The Bertz CT molecular complexity index is 459. The Morgan fingerprint density at radius 1 is 1.33 bits per heavy atom. The minimum absolute atomic E-state index is 0.253. The van der Waals surface area contributed by atoms with Gasteiger partial charge in [0.25, 0.3) is 0 Å². The monoisotopic (exact) mass is 292 g/mol. The molecular weight excluding hydrogens is 268 g/mol. The van der Waals surface area contributed by atoms with E-state index in [1.165, 1.54) is 0 Å². The van der Waals surface area contributed by atoms with E-state index in [0.29, 0.717) is 19.4 Å². The molecule has 2 unspecified atom stereocenters. The minimum atomic E-state index is -1.22. The summed E-state index contributed by atoms with van der Waals surface area (Å²) in [7, 11) is 0. The number of carboxylic acids is 1. The third kappa shape index (κ3) is 4.55. The Morgan fingerprint density at radius 2 is 2.05 bits per heavy atom. The van der Waals surface area contributed by atoms with Gasteiger partial charge in [-0.25, -0.2) is 4.79 Å². The van der Waals surface area contributed by atoms with Gasteiger partial charge in [-0.05, 0) is 37.7 Å². The van der Waals surface area contributed by atoms with Crippen LogP contribution in [0, 0.1) is 5.92 Å². The molecule has 4 nitrogen and oxygen atoms in total. The molecule has 0 bridgehead atoms. The van der Waals surface area contributed by atoms with Crippen LogP contribution in [0.25, 0.3) is 0 Å².